The van der Waals surface area contributed by atoms with E-state index < -0.39 is 0 Å². The second-order valence-electron chi connectivity index (χ2n) is 3.64. The fraction of sp³-hybridized carbons (Fsp3) is 0.636. The Morgan fingerprint density at radius 3 is 2.25 bits per heavy atom. The van der Waals surface area contributed by atoms with Gasteiger partial charge in [-0.05, 0) is 20.4 Å². The molecule has 0 atom stereocenters. The van der Waals surface area contributed by atoms with E-state index in [0.717, 1.165) is 43.5 Å². The zero-order valence-electron chi connectivity index (χ0n) is 10.3. The van der Waals surface area contributed by atoms with Crippen LogP contribution in [0.3, 0.4) is 0 Å². The SMILES string of the molecule is CCCNc1cc(NCCNC)nc(C)n1. The van der Waals surface area contributed by atoms with Crippen molar-refractivity contribution in [2.45, 2.75) is 20.3 Å². The van der Waals surface area contributed by atoms with Crippen LogP contribution in [0.5, 0.6) is 0 Å². The first kappa shape index (κ1) is 12.7. The van der Waals surface area contributed by atoms with Crippen LogP contribution >= 0.6 is 0 Å². The highest BCUT2D eigenvalue weighted by Crippen LogP contribution is 2.10. The molecule has 16 heavy (non-hydrogen) atoms. The second kappa shape index (κ2) is 7.00. The lowest BCUT2D eigenvalue weighted by atomic mass is 10.4. The number of likely N-dealkylation sites (N-methyl/N-ethyl adjacent to an activating group) is 1. The predicted octanol–water partition coefficient (Wildman–Crippen LogP) is 1.24. The largest absolute Gasteiger partial charge is 0.370 e. The summed E-state index contributed by atoms with van der Waals surface area (Å²) in [5.41, 5.74) is 0. The summed E-state index contributed by atoms with van der Waals surface area (Å²) in [5, 5.41) is 9.59. The Morgan fingerprint density at radius 2 is 1.69 bits per heavy atom. The third-order valence-corrected chi connectivity index (χ3v) is 2.08. The standard InChI is InChI=1S/C11H21N5/c1-4-5-13-10-8-11(14-7-6-12-3)16-9(2)15-10/h8,12H,4-7H2,1-3H3,(H2,13,14,15,16). The lowest BCUT2D eigenvalue weighted by Gasteiger charge is -2.09. The van der Waals surface area contributed by atoms with Crippen LogP contribution in [-0.4, -0.2) is 36.6 Å². The van der Waals surface area contributed by atoms with Gasteiger partial charge in [0.15, 0.2) is 0 Å². The van der Waals surface area contributed by atoms with E-state index in [2.05, 4.69) is 32.8 Å². The Hall–Kier alpha value is -1.36. The van der Waals surface area contributed by atoms with Crippen LogP contribution in [0.4, 0.5) is 11.6 Å². The smallest absolute Gasteiger partial charge is 0.131 e. The highest BCUT2D eigenvalue weighted by atomic mass is 15.1. The molecule has 5 nitrogen and oxygen atoms in total. The van der Waals surface area contributed by atoms with Crippen LogP contribution < -0.4 is 16.0 Å². The molecule has 0 aromatic carbocycles. The molecular weight excluding hydrogens is 202 g/mol. The number of nitrogens with zero attached hydrogens (tertiary/aromatic N) is 2. The minimum atomic E-state index is 0.785. The van der Waals surface area contributed by atoms with E-state index in [4.69, 9.17) is 0 Å². The van der Waals surface area contributed by atoms with Gasteiger partial charge in [0.05, 0.1) is 0 Å². The maximum atomic E-state index is 4.32. The molecule has 0 bridgehead atoms. The van der Waals surface area contributed by atoms with Gasteiger partial charge in [-0.2, -0.15) is 0 Å². The van der Waals surface area contributed by atoms with Crippen molar-refractivity contribution in [1.82, 2.24) is 15.3 Å². The number of aromatic nitrogens is 2. The Labute approximate surface area is 97.1 Å². The van der Waals surface area contributed by atoms with Crippen molar-refractivity contribution in [1.29, 1.82) is 0 Å². The molecule has 1 heterocycles. The van der Waals surface area contributed by atoms with Gasteiger partial charge in [-0.1, -0.05) is 6.92 Å². The first-order chi connectivity index (χ1) is 7.76. The minimum absolute atomic E-state index is 0.785. The first-order valence-electron chi connectivity index (χ1n) is 5.74. The summed E-state index contributed by atoms with van der Waals surface area (Å²) < 4.78 is 0. The number of hydrogen-bond acceptors (Lipinski definition) is 5. The maximum Gasteiger partial charge on any atom is 0.131 e. The van der Waals surface area contributed by atoms with E-state index in [1.807, 2.05) is 20.0 Å². The van der Waals surface area contributed by atoms with E-state index in [9.17, 15) is 0 Å². The third-order valence-electron chi connectivity index (χ3n) is 2.08. The van der Waals surface area contributed by atoms with Crippen LogP contribution in [0.1, 0.15) is 19.2 Å². The molecule has 1 aromatic heterocycles. The highest BCUT2D eigenvalue weighted by Gasteiger charge is 2.00. The zero-order valence-corrected chi connectivity index (χ0v) is 10.3. The predicted molar refractivity (Wildman–Crippen MR) is 68.0 cm³/mol. The second-order valence-corrected chi connectivity index (χ2v) is 3.64. The van der Waals surface area contributed by atoms with Crippen LogP contribution in [0.2, 0.25) is 0 Å². The number of hydrogen-bond donors (Lipinski definition) is 3. The monoisotopic (exact) mass is 223 g/mol. The molecule has 0 fully saturated rings. The molecule has 1 aromatic rings. The van der Waals surface area contributed by atoms with Crippen molar-refractivity contribution < 1.29 is 0 Å². The van der Waals surface area contributed by atoms with E-state index >= 15 is 0 Å². The van der Waals surface area contributed by atoms with E-state index in [-0.39, 0.29) is 0 Å². The van der Waals surface area contributed by atoms with Crippen LogP contribution in [0.25, 0.3) is 0 Å². The number of nitrogens with one attached hydrogen (secondary N) is 3. The van der Waals surface area contributed by atoms with Gasteiger partial charge in [-0.25, -0.2) is 9.97 Å². The van der Waals surface area contributed by atoms with Gasteiger partial charge < -0.3 is 16.0 Å². The Kier molecular flexibility index (Phi) is 5.56. The molecule has 0 unspecified atom stereocenters. The summed E-state index contributed by atoms with van der Waals surface area (Å²) in [6, 6.07) is 1.94. The van der Waals surface area contributed by atoms with Gasteiger partial charge in [0.25, 0.3) is 0 Å². The lowest BCUT2D eigenvalue weighted by Crippen LogP contribution is -2.18. The Balaban J connectivity index is 2.58. The average molecular weight is 223 g/mol. The van der Waals surface area contributed by atoms with Crippen LogP contribution in [-0.2, 0) is 0 Å². The summed E-state index contributed by atoms with van der Waals surface area (Å²) in [7, 11) is 1.93. The van der Waals surface area contributed by atoms with Crippen molar-refractivity contribution in [2.75, 3.05) is 37.3 Å². The summed E-state index contributed by atoms with van der Waals surface area (Å²) in [4.78, 5) is 8.65. The van der Waals surface area contributed by atoms with Crippen molar-refractivity contribution in [3.63, 3.8) is 0 Å². The van der Waals surface area contributed by atoms with Crippen molar-refractivity contribution in [3.8, 4) is 0 Å². The minimum Gasteiger partial charge on any atom is -0.370 e. The van der Waals surface area contributed by atoms with Gasteiger partial charge >= 0.3 is 0 Å². The quantitative estimate of drug-likeness (QED) is 0.607. The Bertz CT molecular complexity index is 313. The Morgan fingerprint density at radius 1 is 1.06 bits per heavy atom. The summed E-state index contributed by atoms with van der Waals surface area (Å²) in [6.07, 6.45) is 1.09. The topological polar surface area (TPSA) is 61.9 Å². The third kappa shape index (κ3) is 4.44. The molecule has 0 aliphatic rings. The fourth-order valence-electron chi connectivity index (χ4n) is 1.32. The van der Waals surface area contributed by atoms with Crippen LogP contribution in [0.15, 0.2) is 6.07 Å². The molecule has 0 radical (unpaired) electrons. The normalized spacial score (nSPS) is 10.2. The van der Waals surface area contributed by atoms with Gasteiger partial charge in [0, 0.05) is 25.7 Å². The van der Waals surface area contributed by atoms with Gasteiger partial charge in [-0.3, -0.25) is 0 Å². The lowest BCUT2D eigenvalue weighted by molar-refractivity contribution is 0.819. The number of rotatable bonds is 7. The number of aryl methyl sites for hydroxylation is 1. The van der Waals surface area contributed by atoms with Gasteiger partial charge in [0.1, 0.15) is 17.5 Å². The van der Waals surface area contributed by atoms with E-state index in [1.54, 1.807) is 0 Å². The summed E-state index contributed by atoms with van der Waals surface area (Å²) in [6.45, 7) is 6.75. The molecular formula is C11H21N5. The molecule has 0 aliphatic heterocycles. The molecule has 90 valence electrons. The maximum absolute atomic E-state index is 4.32. The highest BCUT2D eigenvalue weighted by molar-refractivity contribution is 5.47. The van der Waals surface area contributed by atoms with Gasteiger partial charge in [0.2, 0.25) is 0 Å². The zero-order chi connectivity index (χ0) is 11.8. The van der Waals surface area contributed by atoms with Crippen molar-refractivity contribution in [2.24, 2.45) is 0 Å². The fourth-order valence-corrected chi connectivity index (χ4v) is 1.32. The summed E-state index contributed by atoms with van der Waals surface area (Å²) in [5.74, 6) is 2.55. The molecule has 0 saturated heterocycles. The molecule has 1 rings (SSSR count). The molecule has 0 spiro atoms. The van der Waals surface area contributed by atoms with Crippen molar-refractivity contribution >= 4 is 11.6 Å². The molecule has 0 amide bonds. The molecule has 3 N–H and O–H groups in total. The van der Waals surface area contributed by atoms with Gasteiger partial charge in [-0.15, -0.1) is 0 Å². The average Bonchev–Trinajstić information content (AvgIpc) is 2.26. The number of anilines is 2. The molecule has 0 aliphatic carbocycles. The molecule has 0 saturated carbocycles. The van der Waals surface area contributed by atoms with Crippen molar-refractivity contribution in [3.05, 3.63) is 11.9 Å². The summed E-state index contributed by atoms with van der Waals surface area (Å²) >= 11 is 0. The molecule has 5 heteroatoms. The van der Waals surface area contributed by atoms with E-state index in [0.29, 0.717) is 0 Å². The van der Waals surface area contributed by atoms with Crippen LogP contribution in [0, 0.1) is 6.92 Å². The first-order valence-corrected chi connectivity index (χ1v) is 5.74. The van der Waals surface area contributed by atoms with E-state index in [1.165, 1.54) is 0 Å².